The average Bonchev–Trinajstić information content (AvgIpc) is 2.33. The molecule has 2 atom stereocenters. The van der Waals surface area contributed by atoms with Crippen LogP contribution >= 0.6 is 0 Å². The van der Waals surface area contributed by atoms with E-state index in [1.807, 2.05) is 18.2 Å². The Balaban J connectivity index is 2.25. The van der Waals surface area contributed by atoms with Crippen molar-refractivity contribution < 1.29 is 4.74 Å². The minimum absolute atomic E-state index is 0.0185. The van der Waals surface area contributed by atoms with Crippen LogP contribution in [0.15, 0.2) is 29.5 Å². The molecule has 2 rings (SSSR count). The van der Waals surface area contributed by atoms with Gasteiger partial charge in [-0.25, -0.2) is 4.99 Å². The molecule has 2 aliphatic rings. The molecule has 0 aliphatic carbocycles. The van der Waals surface area contributed by atoms with Gasteiger partial charge < -0.3 is 4.74 Å². The summed E-state index contributed by atoms with van der Waals surface area (Å²) in [6, 6.07) is 0. The minimum atomic E-state index is -0.0185. The molecule has 2 aliphatic heterocycles. The summed E-state index contributed by atoms with van der Waals surface area (Å²) in [5, 5.41) is 0. The van der Waals surface area contributed by atoms with Gasteiger partial charge in [0.05, 0.1) is 18.4 Å². The van der Waals surface area contributed by atoms with E-state index in [0.717, 1.165) is 0 Å². The standard InChI is InChI=1S/C7H6NO/c1-2-6-3-5-9-7(6)8-4-1/h1-3,5-7H. The van der Waals surface area contributed by atoms with Gasteiger partial charge in [-0.2, -0.15) is 0 Å². The Labute approximate surface area is 53.5 Å². The van der Waals surface area contributed by atoms with Gasteiger partial charge in [0, 0.05) is 0 Å². The first kappa shape index (κ1) is 4.79. The molecule has 2 heterocycles. The van der Waals surface area contributed by atoms with Crippen LogP contribution in [0, 0.1) is 5.92 Å². The number of ether oxygens (including phenoxy) is 1. The molecule has 45 valence electrons. The fourth-order valence-corrected chi connectivity index (χ4v) is 0.949. The van der Waals surface area contributed by atoms with Gasteiger partial charge >= 0.3 is 0 Å². The summed E-state index contributed by atoms with van der Waals surface area (Å²) in [6.07, 6.45) is 10.2. The largest absolute Gasteiger partial charge is 0.476 e. The Morgan fingerprint density at radius 2 is 2.44 bits per heavy atom. The van der Waals surface area contributed by atoms with E-state index in [1.165, 1.54) is 0 Å². The lowest BCUT2D eigenvalue weighted by atomic mass is 10.1. The second kappa shape index (κ2) is 1.72. The van der Waals surface area contributed by atoms with Gasteiger partial charge in [0.2, 0.25) is 0 Å². The van der Waals surface area contributed by atoms with Gasteiger partial charge in [0.25, 0.3) is 0 Å². The summed E-state index contributed by atoms with van der Waals surface area (Å²) in [6.45, 7) is 0. The van der Waals surface area contributed by atoms with Crippen molar-refractivity contribution in [2.24, 2.45) is 10.9 Å². The van der Waals surface area contributed by atoms with Crippen LogP contribution in [0.5, 0.6) is 0 Å². The molecule has 0 aromatic carbocycles. The number of nitrogens with zero attached hydrogens (tertiary/aromatic N) is 1. The van der Waals surface area contributed by atoms with E-state index < -0.39 is 0 Å². The number of rotatable bonds is 0. The molecule has 0 aromatic heterocycles. The number of fused-ring (bicyclic) bond motifs is 1. The summed E-state index contributed by atoms with van der Waals surface area (Å²) in [5.74, 6) is 0.353. The van der Waals surface area contributed by atoms with Crippen LogP contribution in [0.1, 0.15) is 0 Å². The van der Waals surface area contributed by atoms with Crippen molar-refractivity contribution in [2.45, 2.75) is 6.23 Å². The molecule has 0 saturated carbocycles. The molecule has 0 N–H and O–H groups in total. The SMILES string of the molecule is [C]1=NC2OC=CC2C=C1. The molecule has 0 spiro atoms. The average molecular weight is 120 g/mol. The summed E-state index contributed by atoms with van der Waals surface area (Å²) in [5.41, 5.74) is 0. The third kappa shape index (κ3) is 0.669. The Kier molecular flexibility index (Phi) is 0.918. The fraction of sp³-hybridized carbons (Fsp3) is 0.286. The van der Waals surface area contributed by atoms with Crippen LogP contribution < -0.4 is 0 Å². The number of dihydropyridines is 1. The van der Waals surface area contributed by atoms with Crippen LogP contribution in [0.2, 0.25) is 0 Å². The number of hydrogen-bond donors (Lipinski definition) is 0. The summed E-state index contributed by atoms with van der Waals surface area (Å²) in [7, 11) is 0. The molecule has 2 nitrogen and oxygen atoms in total. The van der Waals surface area contributed by atoms with Crippen molar-refractivity contribution in [3.63, 3.8) is 0 Å². The highest BCUT2D eigenvalue weighted by molar-refractivity contribution is 5.72. The summed E-state index contributed by atoms with van der Waals surface area (Å²) >= 11 is 0. The topological polar surface area (TPSA) is 21.6 Å². The number of allylic oxidation sites excluding steroid dienone is 1. The third-order valence-corrected chi connectivity index (χ3v) is 1.44. The molecule has 0 saturated heterocycles. The van der Waals surface area contributed by atoms with Crippen molar-refractivity contribution >= 4 is 6.21 Å². The third-order valence-electron chi connectivity index (χ3n) is 1.44. The maximum atomic E-state index is 5.10. The minimum Gasteiger partial charge on any atom is -0.476 e. The molecule has 9 heavy (non-hydrogen) atoms. The summed E-state index contributed by atoms with van der Waals surface area (Å²) < 4.78 is 5.10. The lowest BCUT2D eigenvalue weighted by Gasteiger charge is -2.11. The zero-order valence-corrected chi connectivity index (χ0v) is 4.82. The van der Waals surface area contributed by atoms with Gasteiger partial charge in [-0.15, -0.1) is 0 Å². The molecule has 0 fully saturated rings. The molecule has 2 unspecified atom stereocenters. The number of aliphatic imine (C=N–C) groups is 1. The molecule has 0 aromatic rings. The van der Waals surface area contributed by atoms with Crippen LogP contribution in [0.3, 0.4) is 0 Å². The van der Waals surface area contributed by atoms with E-state index in [1.54, 1.807) is 6.26 Å². The number of hydrogen-bond acceptors (Lipinski definition) is 2. The second-order valence-corrected chi connectivity index (χ2v) is 2.05. The van der Waals surface area contributed by atoms with E-state index in [4.69, 9.17) is 4.74 Å². The van der Waals surface area contributed by atoms with Crippen molar-refractivity contribution in [3.05, 3.63) is 24.5 Å². The monoisotopic (exact) mass is 120 g/mol. The maximum absolute atomic E-state index is 5.10. The Morgan fingerprint density at radius 1 is 1.44 bits per heavy atom. The zero-order chi connectivity index (χ0) is 6.10. The lowest BCUT2D eigenvalue weighted by molar-refractivity contribution is 0.157. The highest BCUT2D eigenvalue weighted by Gasteiger charge is 2.21. The lowest BCUT2D eigenvalue weighted by Crippen LogP contribution is -2.13. The molecule has 2 heteroatoms. The maximum Gasteiger partial charge on any atom is 0.199 e. The van der Waals surface area contributed by atoms with E-state index >= 15 is 0 Å². The first-order chi connectivity index (χ1) is 4.47. The van der Waals surface area contributed by atoms with Crippen LogP contribution in [-0.4, -0.2) is 12.4 Å². The predicted molar refractivity (Wildman–Crippen MR) is 34.1 cm³/mol. The molecular weight excluding hydrogens is 114 g/mol. The highest BCUT2D eigenvalue weighted by atomic mass is 16.5. The van der Waals surface area contributed by atoms with Crippen molar-refractivity contribution in [3.8, 4) is 0 Å². The Hall–Kier alpha value is -1.05. The Morgan fingerprint density at radius 3 is 3.33 bits per heavy atom. The van der Waals surface area contributed by atoms with E-state index in [9.17, 15) is 0 Å². The quantitative estimate of drug-likeness (QED) is 0.467. The molecule has 0 amide bonds. The van der Waals surface area contributed by atoms with Crippen LogP contribution in [-0.2, 0) is 4.74 Å². The molecule has 0 bridgehead atoms. The first-order valence-electron chi connectivity index (χ1n) is 2.91. The van der Waals surface area contributed by atoms with E-state index in [2.05, 4.69) is 11.2 Å². The first-order valence-corrected chi connectivity index (χ1v) is 2.91. The Bertz CT molecular complexity index is 193. The van der Waals surface area contributed by atoms with Gasteiger partial charge in [-0.3, -0.25) is 0 Å². The van der Waals surface area contributed by atoms with Crippen LogP contribution in [0.4, 0.5) is 0 Å². The highest BCUT2D eigenvalue weighted by Crippen LogP contribution is 2.21. The van der Waals surface area contributed by atoms with Gasteiger partial charge in [-0.1, -0.05) is 6.08 Å². The van der Waals surface area contributed by atoms with Crippen molar-refractivity contribution in [1.29, 1.82) is 0 Å². The van der Waals surface area contributed by atoms with Gasteiger partial charge in [0.15, 0.2) is 6.23 Å². The van der Waals surface area contributed by atoms with Crippen LogP contribution in [0.25, 0.3) is 0 Å². The van der Waals surface area contributed by atoms with Crippen molar-refractivity contribution in [1.82, 2.24) is 0 Å². The van der Waals surface area contributed by atoms with Crippen molar-refractivity contribution in [2.75, 3.05) is 0 Å². The normalized spacial score (nSPS) is 36.4. The second-order valence-electron chi connectivity index (χ2n) is 2.05. The van der Waals surface area contributed by atoms with Gasteiger partial charge in [0.1, 0.15) is 0 Å². The summed E-state index contributed by atoms with van der Waals surface area (Å²) in [4.78, 5) is 3.97. The predicted octanol–water partition coefficient (Wildman–Crippen LogP) is 0.990. The van der Waals surface area contributed by atoms with E-state index in [0.29, 0.717) is 5.92 Å². The smallest absolute Gasteiger partial charge is 0.199 e. The van der Waals surface area contributed by atoms with E-state index in [-0.39, 0.29) is 6.23 Å². The zero-order valence-electron chi connectivity index (χ0n) is 4.82. The fourth-order valence-electron chi connectivity index (χ4n) is 0.949. The molecular formula is C7H6NO. The van der Waals surface area contributed by atoms with Gasteiger partial charge in [-0.05, 0) is 12.2 Å². The molecule has 1 radical (unpaired) electrons.